The predicted molar refractivity (Wildman–Crippen MR) is 119 cm³/mol. The van der Waals surface area contributed by atoms with E-state index in [4.69, 9.17) is 9.84 Å². The van der Waals surface area contributed by atoms with Crippen molar-refractivity contribution in [3.8, 4) is 17.6 Å². The van der Waals surface area contributed by atoms with Crippen LogP contribution in [0.15, 0.2) is 64.9 Å². The summed E-state index contributed by atoms with van der Waals surface area (Å²) in [6, 6.07) is 14.4. The van der Waals surface area contributed by atoms with Crippen LogP contribution in [0.4, 0.5) is 11.4 Å². The molecule has 3 aromatic rings. The summed E-state index contributed by atoms with van der Waals surface area (Å²) in [5, 5.41) is 11.0. The van der Waals surface area contributed by atoms with Crippen LogP contribution in [-0.2, 0) is 19.6 Å². The maximum absolute atomic E-state index is 12.9. The molecule has 0 saturated heterocycles. The van der Waals surface area contributed by atoms with Crippen molar-refractivity contribution in [1.82, 2.24) is 0 Å². The third-order valence-corrected chi connectivity index (χ3v) is 6.61. The molecule has 4 rings (SSSR count). The van der Waals surface area contributed by atoms with Gasteiger partial charge in [-0.2, -0.15) is 0 Å². The Bertz CT molecular complexity index is 1350. The van der Waals surface area contributed by atoms with E-state index < -0.39 is 28.4 Å². The van der Waals surface area contributed by atoms with E-state index in [1.165, 1.54) is 29.5 Å². The smallest absolute Gasteiger partial charge is 0.323 e. The number of amides is 1. The van der Waals surface area contributed by atoms with Crippen molar-refractivity contribution in [2.24, 2.45) is 0 Å². The number of thiophene rings is 1. The Balaban J connectivity index is 1.61. The van der Waals surface area contributed by atoms with Crippen LogP contribution in [0.25, 0.3) is 0 Å². The highest BCUT2D eigenvalue weighted by Gasteiger charge is 2.29. The molecular weight excluding hydrogens is 452 g/mol. The first-order valence-corrected chi connectivity index (χ1v) is 11.7. The molecule has 0 radical (unpaired) electrons. The maximum atomic E-state index is 12.9. The first-order valence-electron chi connectivity index (χ1n) is 9.29. The molecule has 0 fully saturated rings. The molecule has 0 saturated carbocycles. The Morgan fingerprint density at radius 3 is 2.75 bits per heavy atom. The molecule has 162 valence electrons. The average molecular weight is 469 g/mol. The van der Waals surface area contributed by atoms with Crippen LogP contribution in [0.2, 0.25) is 0 Å². The number of ether oxygens (including phenoxy) is 1. The summed E-state index contributed by atoms with van der Waals surface area (Å²) >= 11 is 1.51. The van der Waals surface area contributed by atoms with Gasteiger partial charge in [-0.3, -0.25) is 19.2 Å². The summed E-state index contributed by atoms with van der Waals surface area (Å²) in [7, 11) is -4.03. The van der Waals surface area contributed by atoms with Crippen molar-refractivity contribution >= 4 is 44.6 Å². The number of rotatable bonds is 5. The van der Waals surface area contributed by atoms with Crippen molar-refractivity contribution in [1.29, 1.82) is 0 Å². The molecule has 2 aromatic carbocycles. The summed E-state index contributed by atoms with van der Waals surface area (Å²) in [6.45, 7) is -0.916. The molecule has 0 atom stereocenters. The Kier molecular flexibility index (Phi) is 5.85. The lowest BCUT2D eigenvalue weighted by molar-refractivity contribution is -0.137. The fourth-order valence-electron chi connectivity index (χ4n) is 3.02. The zero-order chi connectivity index (χ0) is 22.7. The van der Waals surface area contributed by atoms with Gasteiger partial charge < -0.3 is 9.84 Å². The van der Waals surface area contributed by atoms with Crippen LogP contribution in [0, 0.1) is 11.8 Å². The molecule has 0 unspecified atom stereocenters. The van der Waals surface area contributed by atoms with E-state index >= 15 is 0 Å². The van der Waals surface area contributed by atoms with Crippen molar-refractivity contribution < 1.29 is 27.9 Å². The van der Waals surface area contributed by atoms with Crippen molar-refractivity contribution in [3.05, 3.63) is 70.4 Å². The van der Waals surface area contributed by atoms with E-state index in [9.17, 15) is 18.0 Å². The van der Waals surface area contributed by atoms with Crippen LogP contribution >= 0.6 is 11.3 Å². The molecular formula is C22H16N2O6S2. The van der Waals surface area contributed by atoms with E-state index in [0.29, 0.717) is 11.3 Å². The molecule has 1 amide bonds. The summed E-state index contributed by atoms with van der Waals surface area (Å²) < 4.78 is 33.7. The second-order valence-electron chi connectivity index (χ2n) is 6.71. The molecule has 1 aliphatic heterocycles. The summed E-state index contributed by atoms with van der Waals surface area (Å²) in [4.78, 5) is 25.0. The van der Waals surface area contributed by atoms with Gasteiger partial charge in [0.2, 0.25) is 0 Å². The molecule has 10 heteroatoms. The number of sulfonamides is 1. The van der Waals surface area contributed by atoms with Gasteiger partial charge in [0, 0.05) is 5.56 Å². The third-order valence-electron chi connectivity index (χ3n) is 4.44. The highest BCUT2D eigenvalue weighted by Crippen LogP contribution is 2.34. The van der Waals surface area contributed by atoms with E-state index in [2.05, 4.69) is 16.6 Å². The van der Waals surface area contributed by atoms with Crippen LogP contribution in [0.1, 0.15) is 10.4 Å². The number of carbonyl (C=O) groups is 2. The van der Waals surface area contributed by atoms with Gasteiger partial charge in [0.15, 0.2) is 6.61 Å². The van der Waals surface area contributed by atoms with Crippen molar-refractivity contribution in [2.75, 3.05) is 22.8 Å². The number of benzene rings is 2. The second-order valence-corrected chi connectivity index (χ2v) is 9.34. The van der Waals surface area contributed by atoms with Gasteiger partial charge in [-0.25, -0.2) is 8.42 Å². The molecule has 2 heterocycles. The largest absolute Gasteiger partial charge is 0.482 e. The first kappa shape index (κ1) is 21.4. The zero-order valence-electron chi connectivity index (χ0n) is 16.4. The molecule has 1 aliphatic rings. The van der Waals surface area contributed by atoms with Gasteiger partial charge >= 0.3 is 5.97 Å². The number of aliphatic carboxylic acids is 1. The predicted octanol–water partition coefficient (Wildman–Crippen LogP) is 2.76. The van der Waals surface area contributed by atoms with Gasteiger partial charge in [-0.15, -0.1) is 11.3 Å². The molecule has 1 aromatic heterocycles. The first-order chi connectivity index (χ1) is 15.3. The van der Waals surface area contributed by atoms with E-state index in [0.717, 1.165) is 9.78 Å². The summed E-state index contributed by atoms with van der Waals surface area (Å²) in [6.07, 6.45) is 0. The maximum Gasteiger partial charge on any atom is 0.323 e. The highest BCUT2D eigenvalue weighted by atomic mass is 32.2. The minimum atomic E-state index is -4.03. The Labute approximate surface area is 188 Å². The van der Waals surface area contributed by atoms with Gasteiger partial charge in [-0.05, 0) is 47.8 Å². The average Bonchev–Trinajstić information content (AvgIpc) is 3.27. The Morgan fingerprint density at radius 2 is 2.00 bits per heavy atom. The van der Waals surface area contributed by atoms with Crippen LogP contribution in [-0.4, -0.2) is 38.6 Å². The summed E-state index contributed by atoms with van der Waals surface area (Å²) in [5.41, 5.74) is 1.04. The quantitative estimate of drug-likeness (QED) is 0.557. The zero-order valence-corrected chi connectivity index (χ0v) is 18.1. The minimum absolute atomic E-state index is 0.0853. The van der Waals surface area contributed by atoms with Crippen LogP contribution in [0.5, 0.6) is 5.75 Å². The number of nitrogens with one attached hydrogen (secondary N) is 1. The molecule has 0 aliphatic carbocycles. The van der Waals surface area contributed by atoms with Gasteiger partial charge in [0.25, 0.3) is 15.9 Å². The number of nitrogens with zero attached hydrogens (tertiary/aromatic N) is 1. The standard InChI is InChI=1S/C22H16N2O6S2/c25-21-14-30-20-9-8-18(12-19(20)24(21)13-22(26)27)32(28,29)23-16-4-1-3-15(11-16)6-7-17-5-2-10-31-17/h1-5,8-12,23H,13-14H2,(H,26,27). The molecule has 0 spiro atoms. The van der Waals surface area contributed by atoms with E-state index in [1.54, 1.807) is 24.3 Å². The van der Waals surface area contributed by atoms with Crippen molar-refractivity contribution in [3.63, 3.8) is 0 Å². The number of carboxylic acid groups (broad SMARTS) is 1. The molecule has 8 nitrogen and oxygen atoms in total. The number of hydrogen-bond donors (Lipinski definition) is 2. The summed E-state index contributed by atoms with van der Waals surface area (Å²) in [5.74, 6) is 4.44. The lowest BCUT2D eigenvalue weighted by atomic mass is 10.2. The van der Waals surface area contributed by atoms with Crippen molar-refractivity contribution in [2.45, 2.75) is 4.90 Å². The van der Waals surface area contributed by atoms with Gasteiger partial charge in [0.1, 0.15) is 12.3 Å². The van der Waals surface area contributed by atoms with Crippen LogP contribution < -0.4 is 14.4 Å². The Morgan fingerprint density at radius 1 is 1.16 bits per heavy atom. The number of hydrogen-bond acceptors (Lipinski definition) is 6. The monoisotopic (exact) mass is 468 g/mol. The fraction of sp³-hybridized carbons (Fsp3) is 0.0909. The number of anilines is 2. The van der Waals surface area contributed by atoms with E-state index in [1.807, 2.05) is 17.5 Å². The van der Waals surface area contributed by atoms with Crippen LogP contribution in [0.3, 0.4) is 0 Å². The van der Waals surface area contributed by atoms with E-state index in [-0.39, 0.29) is 22.9 Å². The Hall–Kier alpha value is -3.81. The van der Waals surface area contributed by atoms with Gasteiger partial charge in [0.05, 0.1) is 21.1 Å². The number of carboxylic acids is 1. The second kappa shape index (κ2) is 8.74. The minimum Gasteiger partial charge on any atom is -0.482 e. The normalized spacial score (nSPS) is 12.9. The third kappa shape index (κ3) is 4.74. The topological polar surface area (TPSA) is 113 Å². The fourth-order valence-corrected chi connectivity index (χ4v) is 4.66. The molecule has 0 bridgehead atoms. The lowest BCUT2D eigenvalue weighted by Crippen LogP contribution is -2.42. The number of fused-ring (bicyclic) bond motifs is 1. The number of carbonyl (C=O) groups excluding carboxylic acids is 1. The molecule has 32 heavy (non-hydrogen) atoms. The van der Waals surface area contributed by atoms with Gasteiger partial charge in [-0.1, -0.05) is 24.0 Å². The lowest BCUT2D eigenvalue weighted by Gasteiger charge is -2.28. The highest BCUT2D eigenvalue weighted by molar-refractivity contribution is 7.92. The SMILES string of the molecule is O=C(O)CN1C(=O)COc2ccc(S(=O)(=O)Nc3cccc(C#Cc4cccs4)c3)cc21. The molecule has 2 N–H and O–H groups in total.